The van der Waals surface area contributed by atoms with Gasteiger partial charge < -0.3 is 4.90 Å². The molecule has 20 heavy (non-hydrogen) atoms. The Bertz CT molecular complexity index is 571. The van der Waals surface area contributed by atoms with Crippen LogP contribution in [0.5, 0.6) is 0 Å². The predicted molar refractivity (Wildman–Crippen MR) is 91.1 cm³/mol. The van der Waals surface area contributed by atoms with Crippen LogP contribution in [0.3, 0.4) is 0 Å². The largest absolute Gasteiger partial charge is 0.372 e. The van der Waals surface area contributed by atoms with Crippen molar-refractivity contribution in [2.45, 2.75) is 25.9 Å². The van der Waals surface area contributed by atoms with E-state index in [0.717, 1.165) is 0 Å². The summed E-state index contributed by atoms with van der Waals surface area (Å²) in [5.41, 5.74) is 1.41. The normalized spacial score (nSPS) is 15.6. The van der Waals surface area contributed by atoms with Crippen molar-refractivity contribution in [3.8, 4) is 0 Å². The third kappa shape index (κ3) is 2.53. The van der Waals surface area contributed by atoms with Crippen molar-refractivity contribution >= 4 is 24.1 Å². The highest BCUT2D eigenvalue weighted by atomic mass is 28.3. The van der Waals surface area contributed by atoms with Crippen LogP contribution in [-0.2, 0) is 0 Å². The molecule has 0 atom stereocenters. The maximum Gasteiger partial charge on any atom is 0.112 e. The quantitative estimate of drug-likeness (QED) is 0.781. The summed E-state index contributed by atoms with van der Waals surface area (Å²) >= 11 is 0. The van der Waals surface area contributed by atoms with E-state index in [1.165, 1.54) is 42.0 Å². The Labute approximate surface area is 123 Å². The smallest absolute Gasteiger partial charge is 0.112 e. The summed E-state index contributed by atoms with van der Waals surface area (Å²) in [6, 6.07) is 20.3. The van der Waals surface area contributed by atoms with Gasteiger partial charge in [0.05, 0.1) is 0 Å². The number of benzene rings is 2. The molecule has 0 aliphatic carbocycles. The first-order chi connectivity index (χ1) is 9.68. The number of hydrogen-bond donors (Lipinski definition) is 0. The standard InChI is InChI=1S/C18H23NSi/c1-20(2,17-10-4-3-5-11-17)18-12-8-9-16(15-18)19-13-6-7-14-19/h3-5,8-12,15H,6-7,13-14H2,1-2H3. The molecule has 0 bridgehead atoms. The minimum Gasteiger partial charge on any atom is -0.372 e. The average Bonchev–Trinajstić information content (AvgIpc) is 3.03. The predicted octanol–water partition coefficient (Wildman–Crippen LogP) is 3.11. The highest BCUT2D eigenvalue weighted by Gasteiger charge is 2.26. The van der Waals surface area contributed by atoms with Crippen LogP contribution in [-0.4, -0.2) is 21.2 Å². The second kappa shape index (κ2) is 5.45. The second-order valence-corrected chi connectivity index (χ2v) is 10.6. The van der Waals surface area contributed by atoms with Crippen molar-refractivity contribution in [2.75, 3.05) is 18.0 Å². The summed E-state index contributed by atoms with van der Waals surface area (Å²) in [7, 11) is -1.56. The molecular weight excluding hydrogens is 258 g/mol. The minimum absolute atomic E-state index is 1.22. The topological polar surface area (TPSA) is 3.24 Å². The highest BCUT2D eigenvalue weighted by Crippen LogP contribution is 2.19. The van der Waals surface area contributed by atoms with Crippen molar-refractivity contribution in [1.29, 1.82) is 0 Å². The molecule has 0 N–H and O–H groups in total. The zero-order valence-electron chi connectivity index (χ0n) is 12.5. The van der Waals surface area contributed by atoms with Gasteiger partial charge in [-0.3, -0.25) is 0 Å². The van der Waals surface area contributed by atoms with Crippen LogP contribution in [0.15, 0.2) is 54.6 Å². The molecule has 0 aromatic heterocycles. The van der Waals surface area contributed by atoms with Crippen molar-refractivity contribution in [1.82, 2.24) is 0 Å². The van der Waals surface area contributed by atoms with Crippen LogP contribution in [0, 0.1) is 0 Å². The number of hydrogen-bond acceptors (Lipinski definition) is 1. The first kappa shape index (κ1) is 13.4. The number of nitrogens with zero attached hydrogens (tertiary/aromatic N) is 1. The Morgan fingerprint density at radius 3 is 2.15 bits per heavy atom. The maximum atomic E-state index is 2.53. The van der Waals surface area contributed by atoms with E-state index in [-0.39, 0.29) is 0 Å². The lowest BCUT2D eigenvalue weighted by molar-refractivity contribution is 0.949. The van der Waals surface area contributed by atoms with E-state index in [1.54, 1.807) is 0 Å². The second-order valence-electron chi connectivity index (χ2n) is 6.24. The molecule has 0 amide bonds. The van der Waals surface area contributed by atoms with Gasteiger partial charge in [0.1, 0.15) is 8.07 Å². The molecule has 0 unspecified atom stereocenters. The van der Waals surface area contributed by atoms with Crippen LogP contribution in [0.2, 0.25) is 13.1 Å². The van der Waals surface area contributed by atoms with Crippen molar-refractivity contribution < 1.29 is 0 Å². The molecule has 1 heterocycles. The van der Waals surface area contributed by atoms with Gasteiger partial charge in [0.15, 0.2) is 0 Å². The molecule has 1 nitrogen and oxygen atoms in total. The van der Waals surface area contributed by atoms with Gasteiger partial charge in [-0.25, -0.2) is 0 Å². The molecular formula is C18H23NSi. The number of rotatable bonds is 3. The fraction of sp³-hybridized carbons (Fsp3) is 0.333. The molecule has 2 heteroatoms. The third-order valence-electron chi connectivity index (χ3n) is 4.53. The zero-order valence-corrected chi connectivity index (χ0v) is 13.5. The number of anilines is 1. The summed E-state index contributed by atoms with van der Waals surface area (Å²) in [5.74, 6) is 0. The fourth-order valence-electron chi connectivity index (χ4n) is 3.09. The van der Waals surface area contributed by atoms with E-state index in [0.29, 0.717) is 0 Å². The fourth-order valence-corrected chi connectivity index (χ4v) is 5.47. The average molecular weight is 281 g/mol. The molecule has 2 aromatic carbocycles. The Morgan fingerprint density at radius 1 is 0.800 bits per heavy atom. The van der Waals surface area contributed by atoms with E-state index in [4.69, 9.17) is 0 Å². The molecule has 0 spiro atoms. The lowest BCUT2D eigenvalue weighted by atomic mass is 10.3. The van der Waals surface area contributed by atoms with Crippen LogP contribution >= 0.6 is 0 Å². The Balaban J connectivity index is 1.95. The van der Waals surface area contributed by atoms with Gasteiger partial charge in [-0.1, -0.05) is 65.9 Å². The van der Waals surface area contributed by atoms with Gasteiger partial charge in [0.25, 0.3) is 0 Å². The van der Waals surface area contributed by atoms with Gasteiger partial charge >= 0.3 is 0 Å². The summed E-state index contributed by atoms with van der Waals surface area (Å²) in [4.78, 5) is 2.53. The maximum absolute atomic E-state index is 2.53. The molecule has 1 fully saturated rings. The van der Waals surface area contributed by atoms with Crippen molar-refractivity contribution in [3.05, 3.63) is 54.6 Å². The Hall–Kier alpha value is -1.54. The molecule has 104 valence electrons. The Kier molecular flexibility index (Phi) is 3.66. The van der Waals surface area contributed by atoms with Gasteiger partial charge in [0, 0.05) is 18.8 Å². The molecule has 0 saturated carbocycles. The third-order valence-corrected chi connectivity index (χ3v) is 8.07. The van der Waals surface area contributed by atoms with Gasteiger partial charge in [-0.2, -0.15) is 0 Å². The first-order valence-corrected chi connectivity index (χ1v) is 10.6. The monoisotopic (exact) mass is 281 g/mol. The van der Waals surface area contributed by atoms with Crippen LogP contribution in [0.25, 0.3) is 0 Å². The van der Waals surface area contributed by atoms with E-state index in [1.807, 2.05) is 0 Å². The Morgan fingerprint density at radius 2 is 1.45 bits per heavy atom. The van der Waals surface area contributed by atoms with Gasteiger partial charge in [-0.05, 0) is 25.0 Å². The molecule has 1 saturated heterocycles. The van der Waals surface area contributed by atoms with Crippen LogP contribution < -0.4 is 15.3 Å². The van der Waals surface area contributed by atoms with Gasteiger partial charge in [-0.15, -0.1) is 0 Å². The van der Waals surface area contributed by atoms with Crippen molar-refractivity contribution in [3.63, 3.8) is 0 Å². The van der Waals surface area contributed by atoms with Crippen LogP contribution in [0.4, 0.5) is 5.69 Å². The molecule has 3 rings (SSSR count). The summed E-state index contributed by atoms with van der Waals surface area (Å²) in [6.07, 6.45) is 2.67. The first-order valence-electron chi connectivity index (χ1n) is 7.59. The lowest BCUT2D eigenvalue weighted by Gasteiger charge is -2.26. The SMILES string of the molecule is C[Si](C)(c1ccccc1)c1cccc(N2CCCC2)c1. The minimum atomic E-state index is -1.56. The van der Waals surface area contributed by atoms with E-state index in [2.05, 4.69) is 72.6 Å². The lowest BCUT2D eigenvalue weighted by Crippen LogP contribution is -2.52. The summed E-state index contributed by atoms with van der Waals surface area (Å²) in [6.45, 7) is 7.34. The van der Waals surface area contributed by atoms with Crippen LogP contribution in [0.1, 0.15) is 12.8 Å². The molecule has 1 aliphatic rings. The van der Waals surface area contributed by atoms with E-state index in [9.17, 15) is 0 Å². The summed E-state index contributed by atoms with van der Waals surface area (Å²) in [5, 5.41) is 3.05. The molecule has 1 aliphatic heterocycles. The van der Waals surface area contributed by atoms with Gasteiger partial charge in [0.2, 0.25) is 0 Å². The molecule has 2 aromatic rings. The zero-order chi connectivity index (χ0) is 14.0. The van der Waals surface area contributed by atoms with Crippen molar-refractivity contribution in [2.24, 2.45) is 0 Å². The molecule has 0 radical (unpaired) electrons. The van der Waals surface area contributed by atoms with E-state index >= 15 is 0 Å². The summed E-state index contributed by atoms with van der Waals surface area (Å²) < 4.78 is 0. The van der Waals surface area contributed by atoms with E-state index < -0.39 is 8.07 Å². The highest BCUT2D eigenvalue weighted by molar-refractivity contribution is 7.00.